The summed E-state index contributed by atoms with van der Waals surface area (Å²) in [6, 6.07) is 15.1. The predicted octanol–water partition coefficient (Wildman–Crippen LogP) is 3.56. The summed E-state index contributed by atoms with van der Waals surface area (Å²) in [4.78, 5) is 25.4. The van der Waals surface area contributed by atoms with Crippen molar-refractivity contribution in [3.63, 3.8) is 0 Å². The summed E-state index contributed by atoms with van der Waals surface area (Å²) in [5.41, 5.74) is 4.17. The van der Waals surface area contributed by atoms with Gasteiger partial charge in [0.25, 0.3) is 11.7 Å². The number of carbonyl (C=O) groups excluding carboxylic acids is 1. The molecule has 0 atom stereocenters. The van der Waals surface area contributed by atoms with Gasteiger partial charge in [0.15, 0.2) is 0 Å². The van der Waals surface area contributed by atoms with Gasteiger partial charge in [-0.05, 0) is 55.8 Å². The van der Waals surface area contributed by atoms with Gasteiger partial charge in [-0.3, -0.25) is 9.78 Å². The number of rotatable bonds is 4. The number of amides is 1. The molecule has 0 aliphatic rings. The lowest BCUT2D eigenvalue weighted by Crippen LogP contribution is -2.14. The van der Waals surface area contributed by atoms with Gasteiger partial charge in [-0.1, -0.05) is 24.3 Å². The molecule has 3 heterocycles. The van der Waals surface area contributed by atoms with Crippen LogP contribution in [0.2, 0.25) is 0 Å². The molecule has 0 spiro atoms. The Morgan fingerprint density at radius 3 is 2.75 bits per heavy atom. The minimum absolute atomic E-state index is 0.0793. The highest BCUT2D eigenvalue weighted by Gasteiger charge is 2.15. The summed E-state index contributed by atoms with van der Waals surface area (Å²) >= 11 is 0. The maximum Gasteiger partial charge on any atom is 0.295 e. The summed E-state index contributed by atoms with van der Waals surface area (Å²) in [6.07, 6.45) is 5.61. The number of hydrogen-bond acceptors (Lipinski definition) is 5. The summed E-state index contributed by atoms with van der Waals surface area (Å²) in [5, 5.41) is 7.09. The number of fused-ring (bicyclic) bond motifs is 1. The first kappa shape index (κ1) is 17.5. The van der Waals surface area contributed by atoms with E-state index in [2.05, 4.69) is 25.4 Å². The standard InChI is InChI=1S/C21H18N6O/c1-14-12-15(2)27-21(23-14)25-19(26-27)20(28)24-18-8-5-6-16(13-18)9-10-17-7-3-4-11-22-17/h3-13H,1-2H3,(H,24,28). The molecule has 0 unspecified atom stereocenters. The van der Waals surface area contributed by atoms with Gasteiger partial charge >= 0.3 is 0 Å². The lowest BCUT2D eigenvalue weighted by molar-refractivity contribution is 0.101. The van der Waals surface area contributed by atoms with Crippen LogP contribution in [0.4, 0.5) is 5.69 Å². The molecule has 4 aromatic rings. The number of pyridine rings is 1. The Morgan fingerprint density at radius 1 is 1.04 bits per heavy atom. The molecule has 0 aliphatic heterocycles. The Kier molecular flexibility index (Phi) is 4.63. The van der Waals surface area contributed by atoms with E-state index in [1.165, 1.54) is 0 Å². The number of aromatic nitrogens is 5. The van der Waals surface area contributed by atoms with Crippen molar-refractivity contribution in [2.45, 2.75) is 13.8 Å². The van der Waals surface area contributed by atoms with Crippen molar-refractivity contribution < 1.29 is 4.79 Å². The van der Waals surface area contributed by atoms with E-state index in [4.69, 9.17) is 0 Å². The van der Waals surface area contributed by atoms with E-state index in [0.717, 1.165) is 22.6 Å². The third kappa shape index (κ3) is 3.78. The van der Waals surface area contributed by atoms with Crippen LogP contribution in [0, 0.1) is 13.8 Å². The minimum Gasteiger partial charge on any atom is -0.319 e. The van der Waals surface area contributed by atoms with Crippen molar-refractivity contribution in [1.82, 2.24) is 24.6 Å². The van der Waals surface area contributed by atoms with E-state index in [9.17, 15) is 4.79 Å². The highest BCUT2D eigenvalue weighted by molar-refractivity contribution is 6.02. The molecule has 0 saturated heterocycles. The van der Waals surface area contributed by atoms with Crippen LogP contribution >= 0.6 is 0 Å². The number of anilines is 1. The Balaban J connectivity index is 1.53. The fraction of sp³-hybridized carbons (Fsp3) is 0.0952. The molecule has 0 fully saturated rings. The zero-order chi connectivity index (χ0) is 19.5. The third-order valence-corrected chi connectivity index (χ3v) is 4.10. The van der Waals surface area contributed by atoms with E-state index >= 15 is 0 Å². The van der Waals surface area contributed by atoms with Crippen LogP contribution in [0.25, 0.3) is 17.9 Å². The number of carbonyl (C=O) groups is 1. The maximum absolute atomic E-state index is 12.6. The van der Waals surface area contributed by atoms with Crippen molar-refractivity contribution >= 4 is 29.5 Å². The van der Waals surface area contributed by atoms with Crippen LogP contribution in [0.5, 0.6) is 0 Å². The van der Waals surface area contributed by atoms with Gasteiger partial charge in [0.05, 0.1) is 5.69 Å². The molecule has 0 bridgehead atoms. The molecule has 1 amide bonds. The molecule has 1 N–H and O–H groups in total. The summed E-state index contributed by atoms with van der Waals surface area (Å²) < 4.78 is 1.56. The molecule has 3 aromatic heterocycles. The second kappa shape index (κ2) is 7.40. The van der Waals surface area contributed by atoms with Gasteiger partial charge in [-0.15, -0.1) is 5.10 Å². The number of aryl methyl sites for hydroxylation is 2. The monoisotopic (exact) mass is 370 g/mol. The first-order valence-corrected chi connectivity index (χ1v) is 8.80. The SMILES string of the molecule is Cc1cc(C)n2nc(C(=O)Nc3cccc(C=Cc4ccccn4)c3)nc2n1. The largest absolute Gasteiger partial charge is 0.319 e. The van der Waals surface area contributed by atoms with Crippen LogP contribution in [-0.2, 0) is 0 Å². The molecule has 0 radical (unpaired) electrons. The Bertz CT molecular complexity index is 1180. The quantitative estimate of drug-likeness (QED) is 0.594. The molecule has 7 nitrogen and oxygen atoms in total. The molecule has 138 valence electrons. The molecule has 4 rings (SSSR count). The van der Waals surface area contributed by atoms with Crippen molar-refractivity contribution in [1.29, 1.82) is 0 Å². The Morgan fingerprint density at radius 2 is 1.93 bits per heavy atom. The first-order chi connectivity index (χ1) is 13.6. The lowest BCUT2D eigenvalue weighted by Gasteiger charge is -2.03. The zero-order valence-corrected chi connectivity index (χ0v) is 15.5. The van der Waals surface area contributed by atoms with E-state index in [0.29, 0.717) is 11.5 Å². The van der Waals surface area contributed by atoms with E-state index in [1.807, 2.05) is 74.5 Å². The molecule has 0 saturated carbocycles. The molecular weight excluding hydrogens is 352 g/mol. The highest BCUT2D eigenvalue weighted by Crippen LogP contribution is 2.14. The average Bonchev–Trinajstić information content (AvgIpc) is 3.12. The highest BCUT2D eigenvalue weighted by atomic mass is 16.2. The van der Waals surface area contributed by atoms with E-state index in [1.54, 1.807) is 10.7 Å². The minimum atomic E-state index is -0.381. The van der Waals surface area contributed by atoms with Crippen LogP contribution in [-0.4, -0.2) is 30.5 Å². The van der Waals surface area contributed by atoms with E-state index < -0.39 is 0 Å². The smallest absolute Gasteiger partial charge is 0.295 e. The number of benzene rings is 1. The first-order valence-electron chi connectivity index (χ1n) is 8.80. The van der Waals surface area contributed by atoms with Gasteiger partial charge in [0.1, 0.15) is 0 Å². The topological polar surface area (TPSA) is 85.1 Å². The molecule has 0 aliphatic carbocycles. The van der Waals surface area contributed by atoms with Gasteiger partial charge in [0, 0.05) is 23.3 Å². The van der Waals surface area contributed by atoms with Crippen LogP contribution in [0.15, 0.2) is 54.7 Å². The fourth-order valence-corrected chi connectivity index (χ4v) is 2.83. The number of nitrogens with one attached hydrogen (secondary N) is 1. The summed E-state index contributed by atoms with van der Waals surface area (Å²) in [7, 11) is 0. The predicted molar refractivity (Wildman–Crippen MR) is 108 cm³/mol. The molecular formula is C21H18N6O. The number of nitrogens with zero attached hydrogens (tertiary/aromatic N) is 5. The van der Waals surface area contributed by atoms with Crippen molar-refractivity contribution in [3.05, 3.63) is 83.2 Å². The normalized spacial score (nSPS) is 11.2. The average molecular weight is 370 g/mol. The fourth-order valence-electron chi connectivity index (χ4n) is 2.83. The second-order valence-corrected chi connectivity index (χ2v) is 6.35. The lowest BCUT2D eigenvalue weighted by atomic mass is 10.1. The van der Waals surface area contributed by atoms with Crippen LogP contribution < -0.4 is 5.32 Å². The Labute approximate surface area is 161 Å². The number of hydrogen-bond donors (Lipinski definition) is 1. The Hall–Kier alpha value is -3.87. The molecule has 1 aromatic carbocycles. The van der Waals surface area contributed by atoms with Gasteiger partial charge in [0.2, 0.25) is 5.82 Å². The van der Waals surface area contributed by atoms with Crippen molar-refractivity contribution in [3.8, 4) is 0 Å². The second-order valence-electron chi connectivity index (χ2n) is 6.35. The summed E-state index contributed by atoms with van der Waals surface area (Å²) in [5.74, 6) is 0.110. The maximum atomic E-state index is 12.6. The van der Waals surface area contributed by atoms with E-state index in [-0.39, 0.29) is 11.7 Å². The van der Waals surface area contributed by atoms with Crippen LogP contribution in [0.3, 0.4) is 0 Å². The van der Waals surface area contributed by atoms with Gasteiger partial charge < -0.3 is 5.32 Å². The summed E-state index contributed by atoms with van der Waals surface area (Å²) in [6.45, 7) is 3.78. The van der Waals surface area contributed by atoms with Crippen molar-refractivity contribution in [2.24, 2.45) is 0 Å². The molecule has 7 heteroatoms. The zero-order valence-electron chi connectivity index (χ0n) is 15.5. The molecule has 28 heavy (non-hydrogen) atoms. The van der Waals surface area contributed by atoms with Crippen LogP contribution in [0.1, 0.15) is 33.3 Å². The third-order valence-electron chi connectivity index (χ3n) is 4.10. The van der Waals surface area contributed by atoms with Crippen molar-refractivity contribution in [2.75, 3.05) is 5.32 Å². The van der Waals surface area contributed by atoms with Gasteiger partial charge in [-0.25, -0.2) is 9.50 Å². The van der Waals surface area contributed by atoms with Gasteiger partial charge in [-0.2, -0.15) is 4.98 Å².